The molecule has 19 heavy (non-hydrogen) atoms. The molecule has 5 heteroatoms. The first-order chi connectivity index (χ1) is 9.22. The van der Waals surface area contributed by atoms with Crippen molar-refractivity contribution in [1.29, 1.82) is 0 Å². The Kier molecular flexibility index (Phi) is 5.01. The molecule has 1 unspecified atom stereocenters. The number of hydrogen-bond donors (Lipinski definition) is 1. The van der Waals surface area contributed by atoms with Crippen molar-refractivity contribution in [2.24, 2.45) is 0 Å². The fourth-order valence-electron chi connectivity index (χ4n) is 1.92. The van der Waals surface area contributed by atoms with Crippen molar-refractivity contribution in [1.82, 2.24) is 15.3 Å². The zero-order valence-electron chi connectivity index (χ0n) is 11.5. The number of rotatable bonds is 6. The van der Waals surface area contributed by atoms with Gasteiger partial charge >= 0.3 is 0 Å². The summed E-state index contributed by atoms with van der Waals surface area (Å²) in [7, 11) is 1.71. The van der Waals surface area contributed by atoms with Gasteiger partial charge in [0.15, 0.2) is 0 Å². The lowest BCUT2D eigenvalue weighted by Crippen LogP contribution is -2.26. The second kappa shape index (κ2) is 6.75. The minimum Gasteiger partial charge on any atom is -0.383 e. The van der Waals surface area contributed by atoms with Gasteiger partial charge in [0.2, 0.25) is 0 Å². The maximum atomic E-state index is 5.10. The topological polar surface area (TPSA) is 47.0 Å². The van der Waals surface area contributed by atoms with Gasteiger partial charge in [0.25, 0.3) is 0 Å². The van der Waals surface area contributed by atoms with Crippen LogP contribution in [0.4, 0.5) is 0 Å². The van der Waals surface area contributed by atoms with Crippen LogP contribution in [0.15, 0.2) is 23.8 Å². The van der Waals surface area contributed by atoms with Crippen LogP contribution >= 0.6 is 11.3 Å². The van der Waals surface area contributed by atoms with Gasteiger partial charge in [-0.2, -0.15) is 0 Å². The first-order valence-electron chi connectivity index (χ1n) is 6.27. The van der Waals surface area contributed by atoms with Crippen LogP contribution in [0.1, 0.15) is 27.9 Å². The highest BCUT2D eigenvalue weighted by atomic mass is 32.1. The maximum Gasteiger partial charge on any atom is 0.114 e. The number of aromatic nitrogens is 2. The Labute approximate surface area is 117 Å². The zero-order valence-corrected chi connectivity index (χ0v) is 12.3. The van der Waals surface area contributed by atoms with Crippen molar-refractivity contribution in [3.8, 4) is 0 Å². The predicted octanol–water partition coefficient (Wildman–Crippen LogP) is 2.48. The average Bonchev–Trinajstić information content (AvgIpc) is 2.83. The molecule has 0 fully saturated rings. The van der Waals surface area contributed by atoms with E-state index in [1.165, 1.54) is 11.1 Å². The molecule has 102 valence electrons. The lowest BCUT2D eigenvalue weighted by Gasteiger charge is -2.18. The van der Waals surface area contributed by atoms with E-state index in [4.69, 9.17) is 4.74 Å². The number of hydrogen-bond acceptors (Lipinski definition) is 5. The standard InChI is InChI=1S/C14H19N3OS/c1-10-4-5-15-8-12(10)13(16-6-7-18-3)14-17-11(2)9-19-14/h4-5,8-9,13,16H,6-7H2,1-3H3. The number of pyridine rings is 1. The molecule has 0 aliphatic rings. The molecular formula is C14H19N3OS. The van der Waals surface area contributed by atoms with E-state index in [2.05, 4.69) is 27.6 Å². The van der Waals surface area contributed by atoms with Gasteiger partial charge in [-0.1, -0.05) is 0 Å². The number of methoxy groups -OCH3 is 1. The first-order valence-corrected chi connectivity index (χ1v) is 7.15. The van der Waals surface area contributed by atoms with Gasteiger partial charge in [-0.25, -0.2) is 4.98 Å². The fraction of sp³-hybridized carbons (Fsp3) is 0.429. The zero-order chi connectivity index (χ0) is 13.7. The summed E-state index contributed by atoms with van der Waals surface area (Å²) in [6.45, 7) is 5.58. The van der Waals surface area contributed by atoms with E-state index < -0.39 is 0 Å². The van der Waals surface area contributed by atoms with Gasteiger partial charge in [-0.05, 0) is 31.0 Å². The molecule has 0 bridgehead atoms. The second-order valence-corrected chi connectivity index (χ2v) is 5.33. The van der Waals surface area contributed by atoms with Crippen molar-refractivity contribution < 1.29 is 4.74 Å². The van der Waals surface area contributed by atoms with E-state index in [-0.39, 0.29) is 6.04 Å². The van der Waals surface area contributed by atoms with E-state index in [0.29, 0.717) is 6.61 Å². The van der Waals surface area contributed by atoms with Crippen LogP contribution in [-0.2, 0) is 4.74 Å². The summed E-state index contributed by atoms with van der Waals surface area (Å²) >= 11 is 1.68. The highest BCUT2D eigenvalue weighted by Gasteiger charge is 2.18. The van der Waals surface area contributed by atoms with Gasteiger partial charge in [0, 0.05) is 37.1 Å². The molecule has 0 amide bonds. The molecule has 1 atom stereocenters. The SMILES string of the molecule is COCCNC(c1nc(C)cs1)c1cnccc1C. The summed E-state index contributed by atoms with van der Waals surface area (Å²) in [5.74, 6) is 0. The van der Waals surface area contributed by atoms with E-state index in [9.17, 15) is 0 Å². The summed E-state index contributed by atoms with van der Waals surface area (Å²) < 4.78 is 5.10. The fourth-order valence-corrected chi connectivity index (χ4v) is 2.81. The van der Waals surface area contributed by atoms with Gasteiger partial charge in [-0.15, -0.1) is 11.3 Å². The quantitative estimate of drug-likeness (QED) is 0.824. The molecule has 2 rings (SSSR count). The summed E-state index contributed by atoms with van der Waals surface area (Å²) in [6.07, 6.45) is 3.73. The minimum atomic E-state index is 0.0857. The Balaban J connectivity index is 2.26. The number of nitrogens with one attached hydrogen (secondary N) is 1. The third kappa shape index (κ3) is 3.59. The smallest absolute Gasteiger partial charge is 0.114 e. The molecule has 0 saturated heterocycles. The maximum absolute atomic E-state index is 5.10. The number of thiazole rings is 1. The Morgan fingerprint density at radius 1 is 1.42 bits per heavy atom. The highest BCUT2D eigenvalue weighted by Crippen LogP contribution is 2.26. The molecule has 4 nitrogen and oxygen atoms in total. The van der Waals surface area contributed by atoms with E-state index in [1.54, 1.807) is 18.4 Å². The lowest BCUT2D eigenvalue weighted by atomic mass is 10.0. The van der Waals surface area contributed by atoms with Crippen LogP contribution in [0.5, 0.6) is 0 Å². The number of aryl methyl sites for hydroxylation is 2. The molecule has 0 aliphatic heterocycles. The normalized spacial score (nSPS) is 12.6. The Morgan fingerprint density at radius 2 is 2.26 bits per heavy atom. The van der Waals surface area contributed by atoms with Crippen LogP contribution in [0.2, 0.25) is 0 Å². The highest BCUT2D eigenvalue weighted by molar-refractivity contribution is 7.09. The molecule has 0 radical (unpaired) electrons. The van der Waals surface area contributed by atoms with Crippen LogP contribution in [0, 0.1) is 13.8 Å². The molecule has 2 heterocycles. The Morgan fingerprint density at radius 3 is 2.89 bits per heavy atom. The van der Waals surface area contributed by atoms with Crippen molar-refractivity contribution in [3.63, 3.8) is 0 Å². The number of nitrogens with zero attached hydrogens (tertiary/aromatic N) is 2. The molecule has 2 aromatic heterocycles. The Hall–Kier alpha value is -1.30. The molecule has 2 aromatic rings. The third-order valence-electron chi connectivity index (χ3n) is 2.93. The van der Waals surface area contributed by atoms with Gasteiger partial charge < -0.3 is 10.1 Å². The largest absolute Gasteiger partial charge is 0.383 e. The summed E-state index contributed by atoms with van der Waals surface area (Å²) in [5.41, 5.74) is 3.45. The van der Waals surface area contributed by atoms with Gasteiger partial charge in [-0.3, -0.25) is 4.98 Å². The lowest BCUT2D eigenvalue weighted by molar-refractivity contribution is 0.197. The molecule has 0 spiro atoms. The van der Waals surface area contributed by atoms with E-state index in [1.807, 2.05) is 25.4 Å². The van der Waals surface area contributed by atoms with Crippen molar-refractivity contribution in [2.75, 3.05) is 20.3 Å². The molecule has 0 aliphatic carbocycles. The number of ether oxygens (including phenoxy) is 1. The van der Waals surface area contributed by atoms with Gasteiger partial charge in [0.05, 0.1) is 12.6 Å². The van der Waals surface area contributed by atoms with Crippen LogP contribution in [0.3, 0.4) is 0 Å². The Bertz CT molecular complexity index is 527. The summed E-state index contributed by atoms with van der Waals surface area (Å²) in [4.78, 5) is 8.83. The van der Waals surface area contributed by atoms with E-state index in [0.717, 1.165) is 17.2 Å². The minimum absolute atomic E-state index is 0.0857. The first kappa shape index (κ1) is 14.1. The van der Waals surface area contributed by atoms with Crippen molar-refractivity contribution in [3.05, 3.63) is 45.7 Å². The third-order valence-corrected chi connectivity index (χ3v) is 3.96. The molecule has 1 N–H and O–H groups in total. The van der Waals surface area contributed by atoms with Crippen molar-refractivity contribution >= 4 is 11.3 Å². The molecular weight excluding hydrogens is 258 g/mol. The van der Waals surface area contributed by atoms with E-state index >= 15 is 0 Å². The van der Waals surface area contributed by atoms with Crippen LogP contribution in [0.25, 0.3) is 0 Å². The average molecular weight is 277 g/mol. The van der Waals surface area contributed by atoms with Gasteiger partial charge in [0.1, 0.15) is 5.01 Å². The summed E-state index contributed by atoms with van der Waals surface area (Å²) in [6, 6.07) is 2.11. The predicted molar refractivity (Wildman–Crippen MR) is 77.5 cm³/mol. The molecule has 0 saturated carbocycles. The monoisotopic (exact) mass is 277 g/mol. The summed E-state index contributed by atoms with van der Waals surface area (Å²) in [5, 5.41) is 6.64. The molecule has 0 aromatic carbocycles. The van der Waals surface area contributed by atoms with Crippen LogP contribution < -0.4 is 5.32 Å². The van der Waals surface area contributed by atoms with Crippen LogP contribution in [-0.4, -0.2) is 30.2 Å². The second-order valence-electron chi connectivity index (χ2n) is 4.44. The van der Waals surface area contributed by atoms with Crippen molar-refractivity contribution in [2.45, 2.75) is 19.9 Å².